The fraction of sp³-hybridized carbons (Fsp3) is 0.158. The second-order valence-corrected chi connectivity index (χ2v) is 5.69. The minimum absolute atomic E-state index is 0.0143. The average molecular weight is 366 g/mol. The molecule has 0 saturated carbocycles. The summed E-state index contributed by atoms with van der Waals surface area (Å²) in [7, 11) is 0. The topological polar surface area (TPSA) is 91.8 Å². The molecule has 0 saturated heterocycles. The van der Waals surface area contributed by atoms with Crippen molar-refractivity contribution in [1.82, 2.24) is 20.5 Å². The molecule has 0 bridgehead atoms. The lowest BCUT2D eigenvalue weighted by Crippen LogP contribution is -2.30. The van der Waals surface area contributed by atoms with Crippen LogP contribution in [0.25, 0.3) is 0 Å². The van der Waals surface area contributed by atoms with Crippen LogP contribution >= 0.6 is 0 Å². The number of amides is 1. The Morgan fingerprint density at radius 3 is 2.41 bits per heavy atom. The third-order valence-electron chi connectivity index (χ3n) is 3.65. The monoisotopic (exact) mass is 366 g/mol. The number of hydrogen-bond acceptors (Lipinski definition) is 6. The molecule has 8 heteroatoms. The van der Waals surface area contributed by atoms with Crippen molar-refractivity contribution in [3.05, 3.63) is 72.2 Å². The molecule has 0 radical (unpaired) electrons. The summed E-state index contributed by atoms with van der Waals surface area (Å²) in [6.07, 6.45) is 1.70. The van der Waals surface area contributed by atoms with E-state index in [-0.39, 0.29) is 18.1 Å². The second kappa shape index (κ2) is 9.23. The van der Waals surface area contributed by atoms with Crippen molar-refractivity contribution in [3.63, 3.8) is 0 Å². The first-order valence-electron chi connectivity index (χ1n) is 8.46. The second-order valence-electron chi connectivity index (χ2n) is 5.69. The molecule has 2 heterocycles. The smallest absolute Gasteiger partial charge is 0.224 e. The molecule has 138 valence electrons. The van der Waals surface area contributed by atoms with Gasteiger partial charge in [-0.3, -0.25) is 4.79 Å². The van der Waals surface area contributed by atoms with Gasteiger partial charge < -0.3 is 16.0 Å². The number of carbonyl (C=O) groups excluding carboxylic acids is 1. The number of anilines is 3. The van der Waals surface area contributed by atoms with Gasteiger partial charge in [0, 0.05) is 19.3 Å². The fourth-order valence-electron chi connectivity index (χ4n) is 2.33. The Balaban J connectivity index is 1.39. The predicted molar refractivity (Wildman–Crippen MR) is 101 cm³/mol. The quantitative estimate of drug-likeness (QED) is 0.531. The van der Waals surface area contributed by atoms with E-state index in [2.05, 4.69) is 31.1 Å². The summed E-state index contributed by atoms with van der Waals surface area (Å²) >= 11 is 0. The van der Waals surface area contributed by atoms with Crippen LogP contribution in [-0.4, -0.2) is 34.2 Å². The zero-order chi connectivity index (χ0) is 18.9. The Morgan fingerprint density at radius 2 is 1.67 bits per heavy atom. The van der Waals surface area contributed by atoms with Crippen LogP contribution < -0.4 is 16.0 Å². The molecule has 0 unspecified atom stereocenters. The number of hydrogen-bond donors (Lipinski definition) is 3. The van der Waals surface area contributed by atoms with Crippen molar-refractivity contribution in [2.75, 3.05) is 23.7 Å². The highest BCUT2D eigenvalue weighted by Gasteiger charge is 2.07. The summed E-state index contributed by atoms with van der Waals surface area (Å²) in [5.41, 5.74) is 0.379. The maximum absolute atomic E-state index is 13.5. The molecule has 1 amide bonds. The Hall–Kier alpha value is -3.55. The number of nitrogens with one attached hydrogen (secondary N) is 3. The van der Waals surface area contributed by atoms with Crippen molar-refractivity contribution >= 4 is 23.4 Å². The molecule has 0 aliphatic carbocycles. The summed E-state index contributed by atoms with van der Waals surface area (Å²) in [5.74, 6) is 1.25. The predicted octanol–water partition coefficient (Wildman–Crippen LogP) is 2.53. The van der Waals surface area contributed by atoms with Crippen LogP contribution in [0.1, 0.15) is 5.56 Å². The highest BCUT2D eigenvalue weighted by Crippen LogP contribution is 2.11. The zero-order valence-electron chi connectivity index (χ0n) is 14.5. The molecule has 0 spiro atoms. The minimum Gasteiger partial charge on any atom is -0.367 e. The first kappa shape index (κ1) is 18.2. The van der Waals surface area contributed by atoms with Crippen LogP contribution in [0.2, 0.25) is 0 Å². The van der Waals surface area contributed by atoms with Crippen LogP contribution in [0.3, 0.4) is 0 Å². The van der Waals surface area contributed by atoms with E-state index in [4.69, 9.17) is 0 Å². The summed E-state index contributed by atoms with van der Waals surface area (Å²) in [4.78, 5) is 16.0. The fourth-order valence-corrected chi connectivity index (χ4v) is 2.33. The first-order valence-corrected chi connectivity index (χ1v) is 8.46. The van der Waals surface area contributed by atoms with Crippen LogP contribution in [0.15, 0.2) is 60.8 Å². The minimum atomic E-state index is -0.375. The van der Waals surface area contributed by atoms with Crippen molar-refractivity contribution in [3.8, 4) is 0 Å². The maximum Gasteiger partial charge on any atom is 0.224 e. The molecule has 7 nitrogen and oxygen atoms in total. The Kier molecular flexibility index (Phi) is 6.24. The van der Waals surface area contributed by atoms with Gasteiger partial charge in [0.15, 0.2) is 5.82 Å². The van der Waals surface area contributed by atoms with Gasteiger partial charge in [-0.15, -0.1) is 10.2 Å². The molecule has 0 aliphatic rings. The van der Waals surface area contributed by atoms with Crippen LogP contribution in [0, 0.1) is 5.82 Å². The summed E-state index contributed by atoms with van der Waals surface area (Å²) < 4.78 is 13.5. The lowest BCUT2D eigenvalue weighted by atomic mass is 10.1. The summed E-state index contributed by atoms with van der Waals surface area (Å²) in [6.45, 7) is 0.869. The van der Waals surface area contributed by atoms with Crippen LogP contribution in [-0.2, 0) is 11.2 Å². The van der Waals surface area contributed by atoms with E-state index in [1.54, 1.807) is 36.5 Å². The Morgan fingerprint density at radius 1 is 0.889 bits per heavy atom. The number of benzene rings is 1. The molecule has 3 aromatic rings. The Labute approximate surface area is 156 Å². The molecule has 0 aliphatic heterocycles. The third kappa shape index (κ3) is 5.74. The first-order chi connectivity index (χ1) is 13.2. The van der Waals surface area contributed by atoms with E-state index < -0.39 is 0 Å². The average Bonchev–Trinajstić information content (AvgIpc) is 2.69. The molecule has 27 heavy (non-hydrogen) atoms. The van der Waals surface area contributed by atoms with E-state index >= 15 is 0 Å². The van der Waals surface area contributed by atoms with Gasteiger partial charge in [-0.1, -0.05) is 24.3 Å². The lowest BCUT2D eigenvalue weighted by molar-refractivity contribution is -0.120. The maximum atomic E-state index is 13.5. The Bertz CT molecular complexity index is 873. The number of rotatable bonds is 8. The van der Waals surface area contributed by atoms with Crippen molar-refractivity contribution < 1.29 is 9.18 Å². The number of aromatic nitrogens is 3. The molecule has 1 aromatic carbocycles. The highest BCUT2D eigenvalue weighted by atomic mass is 19.1. The van der Waals surface area contributed by atoms with Crippen molar-refractivity contribution in [1.29, 1.82) is 0 Å². The number of pyridine rings is 1. The number of nitrogens with zero attached hydrogens (tertiary/aromatic N) is 3. The molecule has 3 N–H and O–H groups in total. The highest BCUT2D eigenvalue weighted by molar-refractivity contribution is 5.78. The van der Waals surface area contributed by atoms with Gasteiger partial charge in [-0.05, 0) is 35.9 Å². The van der Waals surface area contributed by atoms with Gasteiger partial charge >= 0.3 is 0 Å². The van der Waals surface area contributed by atoms with Crippen LogP contribution in [0.4, 0.5) is 21.8 Å². The van der Waals surface area contributed by atoms with Gasteiger partial charge in [-0.25, -0.2) is 9.37 Å². The van der Waals surface area contributed by atoms with E-state index in [0.717, 1.165) is 0 Å². The molecular weight excluding hydrogens is 347 g/mol. The number of halogens is 1. The van der Waals surface area contributed by atoms with Gasteiger partial charge in [-0.2, -0.15) is 0 Å². The van der Waals surface area contributed by atoms with Crippen molar-refractivity contribution in [2.24, 2.45) is 0 Å². The van der Waals surface area contributed by atoms with Gasteiger partial charge in [0.1, 0.15) is 17.5 Å². The largest absolute Gasteiger partial charge is 0.367 e. The van der Waals surface area contributed by atoms with Gasteiger partial charge in [0.2, 0.25) is 5.91 Å². The standard InChI is InChI=1S/C19H19FN6O/c20-15-6-2-1-5-14(15)13-19(27)23-12-11-22-17-8-9-18(26-25-17)24-16-7-3-4-10-21-16/h1-10H,11-13H2,(H,22,25)(H,23,27)(H,21,24,26). The van der Waals surface area contributed by atoms with E-state index in [1.165, 1.54) is 6.07 Å². The normalized spacial score (nSPS) is 10.3. The van der Waals surface area contributed by atoms with Crippen LogP contribution in [0.5, 0.6) is 0 Å². The summed E-state index contributed by atoms with van der Waals surface area (Å²) in [6, 6.07) is 15.3. The lowest BCUT2D eigenvalue weighted by Gasteiger charge is -2.08. The zero-order valence-corrected chi connectivity index (χ0v) is 14.5. The third-order valence-corrected chi connectivity index (χ3v) is 3.65. The molecular formula is C19H19FN6O. The SMILES string of the molecule is O=C(Cc1ccccc1F)NCCNc1ccc(Nc2ccccn2)nn1. The molecule has 0 fully saturated rings. The molecule has 0 atom stereocenters. The molecule has 2 aromatic heterocycles. The van der Waals surface area contributed by atoms with E-state index in [1.807, 2.05) is 18.2 Å². The van der Waals surface area contributed by atoms with Crippen molar-refractivity contribution in [2.45, 2.75) is 6.42 Å². The summed E-state index contributed by atoms with van der Waals surface area (Å²) in [5, 5.41) is 17.0. The van der Waals surface area contributed by atoms with Gasteiger partial charge in [0.05, 0.1) is 6.42 Å². The molecule has 3 rings (SSSR count). The van der Waals surface area contributed by atoms with Gasteiger partial charge in [0.25, 0.3) is 0 Å². The number of carbonyl (C=O) groups is 1. The van der Waals surface area contributed by atoms with E-state index in [0.29, 0.717) is 36.1 Å². The van der Waals surface area contributed by atoms with E-state index in [9.17, 15) is 9.18 Å².